The molecule has 2 aliphatic rings. The van der Waals surface area contributed by atoms with E-state index in [0.29, 0.717) is 5.69 Å². The van der Waals surface area contributed by atoms with Gasteiger partial charge in [-0.15, -0.1) is 13.2 Å². The van der Waals surface area contributed by atoms with E-state index in [9.17, 15) is 31.2 Å². The van der Waals surface area contributed by atoms with Gasteiger partial charge < -0.3 is 15.0 Å². The SMILES string of the molecule is CC(=O)N(C)c1cc(C)c(/C=C/S(=O)(=O)N2CCC3(CC2)N=C(c2cccc(OC(F)(F)F)c2)NC3=O)c(C)c1. The average molecular weight is 579 g/mol. The van der Waals surface area contributed by atoms with Crippen LogP contribution in [0.15, 0.2) is 46.8 Å². The molecule has 0 unspecified atom stereocenters. The number of hydrogen-bond acceptors (Lipinski definition) is 6. The zero-order valence-corrected chi connectivity index (χ0v) is 23.2. The molecule has 0 aliphatic carbocycles. The molecule has 0 atom stereocenters. The van der Waals surface area contributed by atoms with Crippen LogP contribution in [-0.4, -0.2) is 62.4 Å². The van der Waals surface area contributed by atoms with Crippen LogP contribution in [0.5, 0.6) is 5.75 Å². The van der Waals surface area contributed by atoms with Crippen molar-refractivity contribution in [2.24, 2.45) is 4.99 Å². The monoisotopic (exact) mass is 578 g/mol. The Balaban J connectivity index is 1.48. The summed E-state index contributed by atoms with van der Waals surface area (Å²) in [6, 6.07) is 8.75. The molecule has 1 N–H and O–H groups in total. The number of carbonyl (C=O) groups is 2. The molecule has 1 saturated heterocycles. The number of anilines is 1. The number of halogens is 3. The first kappa shape index (κ1) is 29.3. The first-order chi connectivity index (χ1) is 18.6. The number of sulfonamides is 1. The number of amidine groups is 1. The number of aryl methyl sites for hydroxylation is 2. The Bertz CT molecular complexity index is 1490. The topological polar surface area (TPSA) is 108 Å². The smallest absolute Gasteiger partial charge is 0.406 e. The lowest BCUT2D eigenvalue weighted by molar-refractivity contribution is -0.274. The lowest BCUT2D eigenvalue weighted by Gasteiger charge is -2.34. The van der Waals surface area contributed by atoms with Gasteiger partial charge in [0.05, 0.1) is 0 Å². The molecule has 2 heterocycles. The molecule has 9 nitrogen and oxygen atoms in total. The average Bonchev–Trinajstić information content (AvgIpc) is 3.17. The van der Waals surface area contributed by atoms with Gasteiger partial charge in [0.25, 0.3) is 5.91 Å². The maximum absolute atomic E-state index is 13.1. The summed E-state index contributed by atoms with van der Waals surface area (Å²) in [6.45, 7) is 5.20. The molecule has 13 heteroatoms. The number of piperidine rings is 1. The number of alkyl halides is 3. The fourth-order valence-corrected chi connectivity index (χ4v) is 5.95. The van der Waals surface area contributed by atoms with E-state index < -0.39 is 33.6 Å². The van der Waals surface area contributed by atoms with E-state index in [1.807, 2.05) is 26.0 Å². The van der Waals surface area contributed by atoms with Crippen LogP contribution in [0.1, 0.15) is 42.0 Å². The summed E-state index contributed by atoms with van der Waals surface area (Å²) in [5.41, 5.74) is 2.08. The minimum Gasteiger partial charge on any atom is -0.406 e. The minimum atomic E-state index is -4.86. The zero-order valence-electron chi connectivity index (χ0n) is 22.4. The Hall–Kier alpha value is -3.71. The van der Waals surface area contributed by atoms with Crippen LogP contribution in [0.25, 0.3) is 6.08 Å². The van der Waals surface area contributed by atoms with Crippen LogP contribution in [0.4, 0.5) is 18.9 Å². The minimum absolute atomic E-state index is 0.0361. The van der Waals surface area contributed by atoms with Gasteiger partial charge in [0.1, 0.15) is 17.1 Å². The summed E-state index contributed by atoms with van der Waals surface area (Å²) in [5, 5.41) is 3.75. The van der Waals surface area contributed by atoms with E-state index in [1.54, 1.807) is 7.05 Å². The Morgan fingerprint density at radius 2 is 1.77 bits per heavy atom. The number of amides is 2. The van der Waals surface area contributed by atoms with E-state index in [-0.39, 0.29) is 43.2 Å². The molecule has 2 aromatic rings. The van der Waals surface area contributed by atoms with Crippen molar-refractivity contribution in [2.75, 3.05) is 25.0 Å². The highest BCUT2D eigenvalue weighted by Crippen LogP contribution is 2.33. The number of hydrogen-bond donors (Lipinski definition) is 1. The third-order valence-corrected chi connectivity index (χ3v) is 8.64. The number of nitrogens with zero attached hydrogens (tertiary/aromatic N) is 3. The first-order valence-corrected chi connectivity index (χ1v) is 13.9. The van der Waals surface area contributed by atoms with Crippen molar-refractivity contribution >= 4 is 39.4 Å². The molecule has 0 radical (unpaired) electrons. The maximum atomic E-state index is 13.1. The number of rotatable bonds is 6. The second-order valence-electron chi connectivity index (χ2n) is 9.84. The third kappa shape index (κ3) is 6.20. The Labute approximate surface area is 230 Å². The molecule has 0 aromatic heterocycles. The number of benzene rings is 2. The fourth-order valence-electron chi connectivity index (χ4n) is 4.77. The summed E-state index contributed by atoms with van der Waals surface area (Å²) in [6.07, 6.45) is -3.12. The van der Waals surface area contributed by atoms with Gasteiger partial charge in [-0.05, 0) is 73.7 Å². The number of ether oxygens (including phenoxy) is 1. The van der Waals surface area contributed by atoms with Crippen LogP contribution < -0.4 is 15.0 Å². The van der Waals surface area contributed by atoms with Crippen molar-refractivity contribution in [3.8, 4) is 5.75 Å². The van der Waals surface area contributed by atoms with Gasteiger partial charge in [-0.25, -0.2) is 8.42 Å². The predicted octanol–water partition coefficient (Wildman–Crippen LogP) is 3.90. The van der Waals surface area contributed by atoms with E-state index in [1.165, 1.54) is 34.3 Å². The second-order valence-corrected chi connectivity index (χ2v) is 11.7. The van der Waals surface area contributed by atoms with Gasteiger partial charge in [-0.1, -0.05) is 12.1 Å². The van der Waals surface area contributed by atoms with E-state index in [2.05, 4.69) is 15.0 Å². The Morgan fingerprint density at radius 1 is 1.15 bits per heavy atom. The van der Waals surface area contributed by atoms with Crippen molar-refractivity contribution in [2.45, 2.75) is 45.5 Å². The maximum Gasteiger partial charge on any atom is 0.573 e. The van der Waals surface area contributed by atoms with Crippen LogP contribution >= 0.6 is 0 Å². The molecule has 214 valence electrons. The molecule has 0 bridgehead atoms. The van der Waals surface area contributed by atoms with Crippen molar-refractivity contribution in [1.82, 2.24) is 9.62 Å². The van der Waals surface area contributed by atoms with Gasteiger partial charge in [0.15, 0.2) is 0 Å². The number of nitrogens with one attached hydrogen (secondary N) is 1. The van der Waals surface area contributed by atoms with Crippen LogP contribution in [-0.2, 0) is 19.6 Å². The molecular weight excluding hydrogens is 549 g/mol. The van der Waals surface area contributed by atoms with E-state index in [0.717, 1.165) is 34.2 Å². The predicted molar refractivity (Wildman–Crippen MR) is 144 cm³/mol. The number of carbonyl (C=O) groups excluding carboxylic acids is 2. The van der Waals surface area contributed by atoms with Crippen molar-refractivity contribution in [1.29, 1.82) is 0 Å². The van der Waals surface area contributed by atoms with Crippen LogP contribution in [0.3, 0.4) is 0 Å². The van der Waals surface area contributed by atoms with Crippen LogP contribution in [0, 0.1) is 13.8 Å². The van der Waals surface area contributed by atoms with E-state index in [4.69, 9.17) is 0 Å². The Morgan fingerprint density at radius 3 is 2.35 bits per heavy atom. The fraction of sp³-hybridized carbons (Fsp3) is 0.370. The van der Waals surface area contributed by atoms with Crippen molar-refractivity contribution in [3.63, 3.8) is 0 Å². The molecule has 2 amide bonds. The normalized spacial score (nSPS) is 17.7. The highest BCUT2D eigenvalue weighted by Gasteiger charge is 2.47. The number of aliphatic imine (C=N–C) groups is 1. The second kappa shape index (κ2) is 10.7. The van der Waals surface area contributed by atoms with Gasteiger partial charge in [-0.2, -0.15) is 4.31 Å². The lowest BCUT2D eigenvalue weighted by Crippen LogP contribution is -2.50. The summed E-state index contributed by atoms with van der Waals surface area (Å²) in [4.78, 5) is 30.6. The zero-order chi connectivity index (χ0) is 29.5. The van der Waals surface area contributed by atoms with Gasteiger partial charge in [-0.3, -0.25) is 14.6 Å². The summed E-state index contributed by atoms with van der Waals surface area (Å²) < 4.78 is 69.2. The molecule has 1 fully saturated rings. The molecule has 2 aliphatic heterocycles. The standard InChI is InChI=1S/C27H29F3N4O5S/c1-17-14-21(33(4)19(3)35)15-18(2)23(17)8-13-40(37,38)34-11-9-26(10-12-34)25(36)31-24(32-26)20-6-5-7-22(16-20)39-27(28,29)30/h5-8,13-16H,9-12H2,1-4H3,(H,31,32,36)/b13-8+. The molecule has 2 aromatic carbocycles. The molecular formula is C27H29F3N4O5S. The third-order valence-electron chi connectivity index (χ3n) is 7.08. The molecule has 0 saturated carbocycles. The molecule has 4 rings (SSSR count). The summed E-state index contributed by atoms with van der Waals surface area (Å²) >= 11 is 0. The van der Waals surface area contributed by atoms with Crippen molar-refractivity contribution < 1.29 is 35.9 Å². The van der Waals surface area contributed by atoms with Crippen molar-refractivity contribution in [3.05, 3.63) is 64.1 Å². The van der Waals surface area contributed by atoms with Gasteiger partial charge in [0.2, 0.25) is 15.9 Å². The van der Waals surface area contributed by atoms with Crippen LogP contribution in [0.2, 0.25) is 0 Å². The van der Waals surface area contributed by atoms with Gasteiger partial charge >= 0.3 is 6.36 Å². The highest BCUT2D eigenvalue weighted by molar-refractivity contribution is 7.92. The van der Waals surface area contributed by atoms with Gasteiger partial charge in [0, 0.05) is 43.7 Å². The molecule has 40 heavy (non-hydrogen) atoms. The summed E-state index contributed by atoms with van der Waals surface area (Å²) in [5.74, 6) is -0.886. The first-order valence-electron chi connectivity index (χ1n) is 12.4. The quantitative estimate of drug-likeness (QED) is 0.560. The largest absolute Gasteiger partial charge is 0.573 e. The highest BCUT2D eigenvalue weighted by atomic mass is 32.2. The molecule has 1 spiro atoms. The summed E-state index contributed by atoms with van der Waals surface area (Å²) in [7, 11) is -2.16. The Kier molecular flexibility index (Phi) is 7.83. The van der Waals surface area contributed by atoms with E-state index >= 15 is 0 Å². The lowest BCUT2D eigenvalue weighted by atomic mass is 9.89.